The van der Waals surface area contributed by atoms with E-state index < -0.39 is 17.2 Å². The predicted octanol–water partition coefficient (Wildman–Crippen LogP) is 1.81. The van der Waals surface area contributed by atoms with E-state index >= 15 is 0 Å². The molecule has 0 saturated carbocycles. The summed E-state index contributed by atoms with van der Waals surface area (Å²) in [6, 6.07) is 3.73. The predicted molar refractivity (Wildman–Crippen MR) is 59.2 cm³/mol. The lowest BCUT2D eigenvalue weighted by molar-refractivity contribution is -0.148. The maximum absolute atomic E-state index is 12.9. The Kier molecular flexibility index (Phi) is 4.07. The average molecular weight is 242 g/mol. The summed E-state index contributed by atoms with van der Waals surface area (Å²) in [6.45, 7) is 2.64. The van der Waals surface area contributed by atoms with E-state index in [1.54, 1.807) is 0 Å². The van der Waals surface area contributed by atoms with E-state index in [0.29, 0.717) is 11.3 Å². The number of halogens is 1. The van der Waals surface area contributed by atoms with Gasteiger partial charge in [-0.2, -0.15) is 0 Å². The highest BCUT2D eigenvalue weighted by atomic mass is 19.1. The van der Waals surface area contributed by atoms with Crippen molar-refractivity contribution < 1.29 is 24.1 Å². The van der Waals surface area contributed by atoms with Gasteiger partial charge in [-0.25, -0.2) is 4.39 Å². The molecule has 0 heterocycles. The number of aliphatic hydroxyl groups is 1. The van der Waals surface area contributed by atoms with Crippen molar-refractivity contribution in [2.24, 2.45) is 5.41 Å². The zero-order valence-corrected chi connectivity index (χ0v) is 9.74. The molecule has 0 amide bonds. The van der Waals surface area contributed by atoms with Crippen LogP contribution >= 0.6 is 0 Å². The van der Waals surface area contributed by atoms with Crippen LogP contribution in [0.2, 0.25) is 0 Å². The fraction of sp³-hybridized carbons (Fsp3) is 0.417. The molecule has 4 nitrogen and oxygen atoms in total. The normalized spacial score (nSPS) is 11.3. The molecule has 0 atom stereocenters. The van der Waals surface area contributed by atoms with Crippen molar-refractivity contribution in [3.05, 3.63) is 29.6 Å². The smallest absolute Gasteiger partial charge is 0.312 e. The first-order chi connectivity index (χ1) is 7.86. The summed E-state index contributed by atoms with van der Waals surface area (Å²) < 4.78 is 18.2. The van der Waals surface area contributed by atoms with Gasteiger partial charge in [-0.15, -0.1) is 0 Å². The Morgan fingerprint density at radius 1 is 1.47 bits per heavy atom. The van der Waals surface area contributed by atoms with E-state index in [0.717, 1.165) is 6.07 Å². The fourth-order valence-corrected chi connectivity index (χ4v) is 1.13. The van der Waals surface area contributed by atoms with Gasteiger partial charge in [0.25, 0.3) is 0 Å². The molecule has 1 aromatic rings. The van der Waals surface area contributed by atoms with Gasteiger partial charge in [-0.1, -0.05) is 0 Å². The molecule has 0 aliphatic carbocycles. The van der Waals surface area contributed by atoms with Crippen LogP contribution in [0.3, 0.4) is 0 Å². The molecule has 2 N–H and O–H groups in total. The van der Waals surface area contributed by atoms with E-state index in [1.165, 1.54) is 26.0 Å². The van der Waals surface area contributed by atoms with Crippen LogP contribution in [-0.2, 0) is 11.4 Å². The molecule has 94 valence electrons. The Morgan fingerprint density at radius 3 is 2.65 bits per heavy atom. The number of hydrogen-bond acceptors (Lipinski definition) is 3. The first kappa shape index (κ1) is 13.4. The quantitative estimate of drug-likeness (QED) is 0.826. The minimum Gasteiger partial charge on any atom is -0.492 e. The summed E-state index contributed by atoms with van der Waals surface area (Å²) in [4.78, 5) is 10.9. The number of ether oxygens (including phenoxy) is 1. The van der Waals surface area contributed by atoms with Gasteiger partial charge in [0.2, 0.25) is 0 Å². The Morgan fingerprint density at radius 2 is 2.12 bits per heavy atom. The molecule has 0 aliphatic heterocycles. The monoisotopic (exact) mass is 242 g/mol. The van der Waals surface area contributed by atoms with Crippen molar-refractivity contribution in [2.45, 2.75) is 20.5 Å². The van der Waals surface area contributed by atoms with Crippen molar-refractivity contribution in [2.75, 3.05) is 6.61 Å². The molecule has 0 spiro atoms. The molecule has 0 bridgehead atoms. The molecule has 17 heavy (non-hydrogen) atoms. The largest absolute Gasteiger partial charge is 0.492 e. The number of hydrogen-bond donors (Lipinski definition) is 2. The summed E-state index contributed by atoms with van der Waals surface area (Å²) >= 11 is 0. The molecule has 0 aliphatic rings. The molecule has 0 fully saturated rings. The maximum Gasteiger partial charge on any atom is 0.312 e. The topological polar surface area (TPSA) is 66.8 Å². The average Bonchev–Trinajstić information content (AvgIpc) is 2.27. The second-order valence-corrected chi connectivity index (χ2v) is 4.39. The van der Waals surface area contributed by atoms with Gasteiger partial charge in [0.15, 0.2) is 0 Å². The van der Waals surface area contributed by atoms with Crippen LogP contribution in [0.4, 0.5) is 4.39 Å². The summed E-state index contributed by atoms with van der Waals surface area (Å²) in [7, 11) is 0. The van der Waals surface area contributed by atoms with Gasteiger partial charge in [0, 0.05) is 5.56 Å². The standard InChI is InChI=1S/C12H15FO4/c1-12(2,11(15)16)7-17-10-4-3-9(13)5-8(10)6-14/h3-5,14H,6-7H2,1-2H3,(H,15,16). The van der Waals surface area contributed by atoms with Gasteiger partial charge < -0.3 is 14.9 Å². The molecule has 5 heteroatoms. The fourth-order valence-electron chi connectivity index (χ4n) is 1.13. The lowest BCUT2D eigenvalue weighted by Crippen LogP contribution is -2.30. The second kappa shape index (κ2) is 5.14. The van der Waals surface area contributed by atoms with E-state index in [-0.39, 0.29) is 13.2 Å². The zero-order chi connectivity index (χ0) is 13.1. The highest BCUT2D eigenvalue weighted by Gasteiger charge is 2.28. The Balaban J connectivity index is 2.79. The van der Waals surface area contributed by atoms with Crippen LogP contribution in [-0.4, -0.2) is 22.8 Å². The lowest BCUT2D eigenvalue weighted by Gasteiger charge is -2.20. The number of benzene rings is 1. The minimum atomic E-state index is -1.04. The Hall–Kier alpha value is -1.62. The maximum atomic E-state index is 12.9. The third-order valence-corrected chi connectivity index (χ3v) is 2.36. The third kappa shape index (κ3) is 3.42. The number of carbonyl (C=O) groups is 1. The minimum absolute atomic E-state index is 0.0546. The van der Waals surface area contributed by atoms with Crippen LogP contribution in [0, 0.1) is 11.2 Å². The second-order valence-electron chi connectivity index (χ2n) is 4.39. The van der Waals surface area contributed by atoms with E-state index in [1.807, 2.05) is 0 Å². The molecular weight excluding hydrogens is 227 g/mol. The van der Waals surface area contributed by atoms with E-state index in [2.05, 4.69) is 0 Å². The van der Waals surface area contributed by atoms with Crippen molar-refractivity contribution in [3.8, 4) is 5.75 Å². The van der Waals surface area contributed by atoms with Crippen LogP contribution in [0.15, 0.2) is 18.2 Å². The highest BCUT2D eigenvalue weighted by Crippen LogP contribution is 2.23. The summed E-state index contributed by atoms with van der Waals surface area (Å²) in [5, 5.41) is 17.9. The van der Waals surface area contributed by atoms with Crippen molar-refractivity contribution >= 4 is 5.97 Å². The summed E-state index contributed by atoms with van der Waals surface area (Å²) in [6.07, 6.45) is 0. The summed E-state index contributed by atoms with van der Waals surface area (Å²) in [5.41, 5.74) is -0.743. The Labute approximate surface area is 98.7 Å². The number of aliphatic hydroxyl groups excluding tert-OH is 1. The van der Waals surface area contributed by atoms with Crippen LogP contribution in [0.25, 0.3) is 0 Å². The number of aliphatic carboxylic acids is 1. The third-order valence-electron chi connectivity index (χ3n) is 2.36. The lowest BCUT2D eigenvalue weighted by atomic mass is 9.95. The summed E-state index contributed by atoms with van der Waals surface area (Å²) in [5.74, 6) is -1.16. The number of carboxylic acid groups (broad SMARTS) is 1. The van der Waals surface area contributed by atoms with Gasteiger partial charge in [-0.05, 0) is 32.0 Å². The molecule has 0 saturated heterocycles. The first-order valence-corrected chi connectivity index (χ1v) is 5.12. The molecular formula is C12H15FO4. The van der Waals surface area contributed by atoms with Gasteiger partial charge in [0.05, 0.1) is 12.0 Å². The molecule has 1 aromatic carbocycles. The molecule has 1 rings (SSSR count). The van der Waals surface area contributed by atoms with E-state index in [9.17, 15) is 9.18 Å². The van der Waals surface area contributed by atoms with Crippen molar-refractivity contribution in [1.82, 2.24) is 0 Å². The van der Waals surface area contributed by atoms with Gasteiger partial charge >= 0.3 is 5.97 Å². The Bertz CT molecular complexity index is 415. The van der Waals surface area contributed by atoms with Gasteiger partial charge in [0.1, 0.15) is 18.2 Å². The number of carboxylic acids is 1. The van der Waals surface area contributed by atoms with Crippen molar-refractivity contribution in [3.63, 3.8) is 0 Å². The molecule has 0 aromatic heterocycles. The van der Waals surface area contributed by atoms with Crippen molar-refractivity contribution in [1.29, 1.82) is 0 Å². The SMILES string of the molecule is CC(C)(COc1ccc(F)cc1CO)C(=O)O. The molecule has 0 radical (unpaired) electrons. The van der Waals surface area contributed by atoms with E-state index in [4.69, 9.17) is 14.9 Å². The van der Waals surface area contributed by atoms with Gasteiger partial charge in [-0.3, -0.25) is 4.79 Å². The highest BCUT2D eigenvalue weighted by molar-refractivity contribution is 5.73. The van der Waals surface area contributed by atoms with Crippen LogP contribution in [0.1, 0.15) is 19.4 Å². The first-order valence-electron chi connectivity index (χ1n) is 5.12. The number of rotatable bonds is 5. The van der Waals surface area contributed by atoms with Crippen LogP contribution in [0.5, 0.6) is 5.75 Å². The van der Waals surface area contributed by atoms with Crippen LogP contribution < -0.4 is 4.74 Å². The molecule has 0 unspecified atom stereocenters. The zero-order valence-electron chi connectivity index (χ0n) is 9.74.